The number of halogens is 1. The lowest BCUT2D eigenvalue weighted by Crippen LogP contribution is -2.39. The van der Waals surface area contributed by atoms with E-state index in [0.29, 0.717) is 16.7 Å². The molecule has 138 valence electrons. The first-order valence-corrected chi connectivity index (χ1v) is 9.55. The van der Waals surface area contributed by atoms with Gasteiger partial charge in [-0.25, -0.2) is 4.98 Å². The fourth-order valence-electron chi connectivity index (χ4n) is 2.68. The van der Waals surface area contributed by atoms with E-state index in [2.05, 4.69) is 10.1 Å². The summed E-state index contributed by atoms with van der Waals surface area (Å²) < 4.78 is 2.71. The van der Waals surface area contributed by atoms with Gasteiger partial charge in [0.25, 0.3) is 5.91 Å². The summed E-state index contributed by atoms with van der Waals surface area (Å²) in [5.41, 5.74) is 2.73. The molecule has 6 nitrogen and oxygen atoms in total. The van der Waals surface area contributed by atoms with E-state index in [1.54, 1.807) is 9.58 Å². The molecule has 0 radical (unpaired) electrons. The van der Waals surface area contributed by atoms with Crippen LogP contribution in [0.1, 0.15) is 11.4 Å². The Labute approximate surface area is 162 Å². The Morgan fingerprint density at radius 1 is 1.23 bits per heavy atom. The third-order valence-electron chi connectivity index (χ3n) is 4.03. The maximum atomic E-state index is 13.0. The van der Waals surface area contributed by atoms with E-state index in [-0.39, 0.29) is 12.5 Å². The molecule has 3 aromatic rings. The summed E-state index contributed by atoms with van der Waals surface area (Å²) in [6.07, 6.45) is 0. The summed E-state index contributed by atoms with van der Waals surface area (Å²) in [7, 11) is 3.98. The summed E-state index contributed by atoms with van der Waals surface area (Å²) in [5.74, 6) is -0.0248. The average molecular weight is 392 g/mol. The number of carbonyl (C=O) groups excluding carboxylic acids is 1. The second-order valence-corrected chi connectivity index (χ2v) is 7.99. The van der Waals surface area contributed by atoms with E-state index in [9.17, 15) is 4.79 Å². The highest BCUT2D eigenvalue weighted by Gasteiger charge is 2.21. The highest BCUT2D eigenvalue weighted by Crippen LogP contribution is 2.31. The van der Waals surface area contributed by atoms with Gasteiger partial charge in [0.2, 0.25) is 0 Å². The number of carbonyl (C=O) groups is 1. The molecule has 1 aromatic carbocycles. The van der Waals surface area contributed by atoms with Gasteiger partial charge >= 0.3 is 0 Å². The summed E-state index contributed by atoms with van der Waals surface area (Å²) in [4.78, 5) is 21.5. The quantitative estimate of drug-likeness (QED) is 0.646. The van der Waals surface area contributed by atoms with Gasteiger partial charge in [0.1, 0.15) is 6.54 Å². The summed E-state index contributed by atoms with van der Waals surface area (Å²) in [5, 5.41) is 5.76. The molecule has 0 spiro atoms. The van der Waals surface area contributed by atoms with Crippen molar-refractivity contribution in [2.45, 2.75) is 20.4 Å². The molecular weight excluding hydrogens is 370 g/mol. The van der Waals surface area contributed by atoms with Crippen LogP contribution in [-0.4, -0.2) is 52.8 Å². The number of nitrogens with zero attached hydrogens (tertiary/aromatic N) is 5. The van der Waals surface area contributed by atoms with Crippen LogP contribution in [0.25, 0.3) is 10.2 Å². The first kappa shape index (κ1) is 18.8. The zero-order chi connectivity index (χ0) is 18.8. The standard InChI is InChI=1S/C18H22ClN5OS/c1-12-9-13(2)24(21-12)11-17(25)23(8-7-22(3)4)18-20-15-6-5-14(19)10-16(15)26-18/h5-6,9-10H,7-8,11H2,1-4H3. The Morgan fingerprint density at radius 3 is 2.65 bits per heavy atom. The second kappa shape index (κ2) is 7.73. The Kier molecular flexibility index (Phi) is 5.60. The van der Waals surface area contributed by atoms with Crippen molar-refractivity contribution in [1.29, 1.82) is 0 Å². The van der Waals surface area contributed by atoms with E-state index in [1.807, 2.05) is 57.1 Å². The van der Waals surface area contributed by atoms with Crippen LogP contribution in [0.3, 0.4) is 0 Å². The smallest absolute Gasteiger partial charge is 0.250 e. The molecule has 2 heterocycles. The van der Waals surface area contributed by atoms with Gasteiger partial charge in [0, 0.05) is 23.8 Å². The zero-order valence-corrected chi connectivity index (χ0v) is 16.9. The van der Waals surface area contributed by atoms with Gasteiger partial charge in [-0.2, -0.15) is 5.10 Å². The van der Waals surface area contributed by atoms with E-state index in [1.165, 1.54) is 11.3 Å². The summed E-state index contributed by atoms with van der Waals surface area (Å²) in [6.45, 7) is 5.40. The van der Waals surface area contributed by atoms with Crippen LogP contribution in [-0.2, 0) is 11.3 Å². The lowest BCUT2D eigenvalue weighted by molar-refractivity contribution is -0.119. The van der Waals surface area contributed by atoms with Crippen LogP contribution in [0.5, 0.6) is 0 Å². The van der Waals surface area contributed by atoms with Crippen molar-refractivity contribution in [1.82, 2.24) is 19.7 Å². The lowest BCUT2D eigenvalue weighted by Gasteiger charge is -2.22. The van der Waals surface area contributed by atoms with Crippen molar-refractivity contribution >= 4 is 44.2 Å². The number of rotatable bonds is 6. The topological polar surface area (TPSA) is 54.3 Å². The first-order chi connectivity index (χ1) is 12.3. The highest BCUT2D eigenvalue weighted by atomic mass is 35.5. The number of benzene rings is 1. The van der Waals surface area contributed by atoms with E-state index in [4.69, 9.17) is 11.6 Å². The number of anilines is 1. The van der Waals surface area contributed by atoms with Gasteiger partial charge in [0.15, 0.2) is 5.13 Å². The predicted octanol–water partition coefficient (Wildman–Crippen LogP) is 3.36. The molecule has 0 N–H and O–H groups in total. The fourth-order valence-corrected chi connectivity index (χ4v) is 3.96. The molecule has 8 heteroatoms. The molecule has 0 aliphatic heterocycles. The Bertz CT molecular complexity index is 933. The van der Waals surface area contributed by atoms with Crippen molar-refractivity contribution in [3.05, 3.63) is 40.7 Å². The van der Waals surface area contributed by atoms with Crippen LogP contribution < -0.4 is 4.90 Å². The number of hydrogen-bond donors (Lipinski definition) is 0. The molecule has 0 aliphatic carbocycles. The largest absolute Gasteiger partial charge is 0.308 e. The minimum atomic E-state index is -0.0248. The Balaban J connectivity index is 1.89. The van der Waals surface area contributed by atoms with E-state index in [0.717, 1.165) is 28.1 Å². The van der Waals surface area contributed by atoms with E-state index >= 15 is 0 Å². The van der Waals surface area contributed by atoms with Gasteiger partial charge in [-0.1, -0.05) is 22.9 Å². The van der Waals surface area contributed by atoms with Crippen LogP contribution in [0, 0.1) is 13.8 Å². The first-order valence-electron chi connectivity index (χ1n) is 8.36. The fraction of sp³-hybridized carbons (Fsp3) is 0.389. The number of likely N-dealkylation sites (N-methyl/N-ethyl adjacent to an activating group) is 1. The second-order valence-electron chi connectivity index (χ2n) is 6.54. The minimum absolute atomic E-state index is 0.0248. The third kappa shape index (κ3) is 4.23. The maximum absolute atomic E-state index is 13.0. The van der Waals surface area contributed by atoms with Crippen molar-refractivity contribution in [2.75, 3.05) is 32.1 Å². The molecule has 0 atom stereocenters. The molecule has 1 amide bonds. The Hall–Kier alpha value is -1.96. The lowest BCUT2D eigenvalue weighted by atomic mass is 10.3. The monoisotopic (exact) mass is 391 g/mol. The summed E-state index contributed by atoms with van der Waals surface area (Å²) >= 11 is 7.56. The maximum Gasteiger partial charge on any atom is 0.250 e. The number of aryl methyl sites for hydroxylation is 2. The molecule has 0 fully saturated rings. The highest BCUT2D eigenvalue weighted by molar-refractivity contribution is 7.22. The van der Waals surface area contributed by atoms with E-state index < -0.39 is 0 Å². The number of thiazole rings is 1. The molecule has 26 heavy (non-hydrogen) atoms. The van der Waals surface area contributed by atoms with Gasteiger partial charge in [-0.3, -0.25) is 14.4 Å². The third-order valence-corrected chi connectivity index (χ3v) is 5.31. The number of amides is 1. The van der Waals surface area contributed by atoms with Crippen LogP contribution in [0.4, 0.5) is 5.13 Å². The van der Waals surface area contributed by atoms with Gasteiger partial charge in [-0.15, -0.1) is 0 Å². The molecule has 0 aliphatic rings. The molecule has 3 rings (SSSR count). The molecular formula is C18H22ClN5OS. The van der Waals surface area contributed by atoms with Crippen LogP contribution >= 0.6 is 22.9 Å². The van der Waals surface area contributed by atoms with Gasteiger partial charge in [0.05, 0.1) is 15.9 Å². The van der Waals surface area contributed by atoms with Crippen LogP contribution in [0.15, 0.2) is 24.3 Å². The van der Waals surface area contributed by atoms with Gasteiger partial charge < -0.3 is 4.90 Å². The molecule has 2 aromatic heterocycles. The molecule has 0 bridgehead atoms. The van der Waals surface area contributed by atoms with Crippen molar-refractivity contribution in [3.63, 3.8) is 0 Å². The zero-order valence-electron chi connectivity index (χ0n) is 15.4. The Morgan fingerprint density at radius 2 is 2.00 bits per heavy atom. The SMILES string of the molecule is Cc1cc(C)n(CC(=O)N(CCN(C)C)c2nc3ccc(Cl)cc3s2)n1. The molecule has 0 saturated heterocycles. The van der Waals surface area contributed by atoms with Crippen molar-refractivity contribution < 1.29 is 4.79 Å². The average Bonchev–Trinajstić information content (AvgIpc) is 3.09. The number of hydrogen-bond acceptors (Lipinski definition) is 5. The van der Waals surface area contributed by atoms with Gasteiger partial charge in [-0.05, 0) is 52.2 Å². The normalized spacial score (nSPS) is 11.5. The number of aromatic nitrogens is 3. The number of fused-ring (bicyclic) bond motifs is 1. The van der Waals surface area contributed by atoms with Crippen molar-refractivity contribution in [2.24, 2.45) is 0 Å². The predicted molar refractivity (Wildman–Crippen MR) is 107 cm³/mol. The molecule has 0 saturated carbocycles. The molecule has 0 unspecified atom stereocenters. The summed E-state index contributed by atoms with van der Waals surface area (Å²) in [6, 6.07) is 7.55. The van der Waals surface area contributed by atoms with Crippen molar-refractivity contribution in [3.8, 4) is 0 Å². The van der Waals surface area contributed by atoms with Crippen LogP contribution in [0.2, 0.25) is 5.02 Å². The minimum Gasteiger partial charge on any atom is -0.308 e.